The average molecular weight is 438 g/mol. The maximum atomic E-state index is 13.4. The summed E-state index contributed by atoms with van der Waals surface area (Å²) in [5.41, 5.74) is 1.48. The van der Waals surface area contributed by atoms with Crippen LogP contribution in [0.4, 0.5) is 0 Å². The van der Waals surface area contributed by atoms with Crippen molar-refractivity contribution in [2.75, 3.05) is 0 Å². The molecule has 0 unspecified atom stereocenters. The molecule has 5 rings (SSSR count). The van der Waals surface area contributed by atoms with Gasteiger partial charge in [0.25, 0.3) is 0 Å². The quantitative estimate of drug-likeness (QED) is 0.277. The summed E-state index contributed by atoms with van der Waals surface area (Å²) in [6, 6.07) is 20.6. The molecule has 0 fully saturated rings. The fourth-order valence-corrected chi connectivity index (χ4v) is 3.66. The molecule has 33 heavy (non-hydrogen) atoms. The third-order valence-corrected chi connectivity index (χ3v) is 5.56. The van der Waals surface area contributed by atoms with Gasteiger partial charge in [-0.2, -0.15) is 0 Å². The number of para-hydroxylation sites is 1. The molecule has 6 heteroatoms. The van der Waals surface area contributed by atoms with Gasteiger partial charge >= 0.3 is 11.6 Å². The second-order valence-electron chi connectivity index (χ2n) is 7.76. The van der Waals surface area contributed by atoms with E-state index in [1.54, 1.807) is 60.7 Å². The standard InChI is InChI=1S/C27H18O6/c1-15-12-19-22(13-16(15)2)31-24(17-8-4-3-5-9-17)25(23(19)28)33-27(30)20-14-18-10-6-7-11-21(18)32-26(20)29/h3-14H,1-2H3. The monoisotopic (exact) mass is 438 g/mol. The van der Waals surface area contributed by atoms with E-state index < -0.39 is 17.0 Å². The molecule has 2 heterocycles. The first-order valence-corrected chi connectivity index (χ1v) is 10.3. The molecule has 0 spiro atoms. The van der Waals surface area contributed by atoms with Crippen molar-refractivity contribution >= 4 is 27.9 Å². The van der Waals surface area contributed by atoms with Crippen molar-refractivity contribution in [1.29, 1.82) is 0 Å². The van der Waals surface area contributed by atoms with Gasteiger partial charge < -0.3 is 13.6 Å². The number of carbonyl (C=O) groups excluding carboxylic acids is 1. The zero-order valence-corrected chi connectivity index (χ0v) is 17.9. The van der Waals surface area contributed by atoms with Gasteiger partial charge in [0.15, 0.2) is 5.76 Å². The summed E-state index contributed by atoms with van der Waals surface area (Å²) in [5, 5.41) is 0.843. The molecular formula is C27H18O6. The van der Waals surface area contributed by atoms with E-state index in [2.05, 4.69) is 0 Å². The lowest BCUT2D eigenvalue weighted by molar-refractivity contribution is 0.0727. The van der Waals surface area contributed by atoms with Crippen LogP contribution in [0.25, 0.3) is 33.3 Å². The number of esters is 1. The number of benzene rings is 3. The summed E-state index contributed by atoms with van der Waals surface area (Å²) in [4.78, 5) is 38.9. The van der Waals surface area contributed by atoms with Crippen LogP contribution < -0.4 is 15.8 Å². The number of aryl methyl sites for hydroxylation is 2. The Kier molecular flexibility index (Phi) is 4.90. The predicted octanol–water partition coefficient (Wildman–Crippen LogP) is 5.40. The van der Waals surface area contributed by atoms with Crippen LogP contribution in [0, 0.1) is 13.8 Å². The summed E-state index contributed by atoms with van der Waals surface area (Å²) < 4.78 is 16.8. The molecule has 3 aromatic carbocycles. The zero-order chi connectivity index (χ0) is 23.1. The van der Waals surface area contributed by atoms with Crippen LogP contribution in [0.15, 0.2) is 91.2 Å². The van der Waals surface area contributed by atoms with Gasteiger partial charge in [0.1, 0.15) is 16.7 Å². The van der Waals surface area contributed by atoms with Gasteiger partial charge in [0.05, 0.1) is 5.39 Å². The minimum atomic E-state index is -0.998. The summed E-state index contributed by atoms with van der Waals surface area (Å²) in [6.07, 6.45) is 0. The molecule has 0 saturated carbocycles. The summed E-state index contributed by atoms with van der Waals surface area (Å²) in [6.45, 7) is 3.80. The first-order chi connectivity index (χ1) is 15.9. The topological polar surface area (TPSA) is 86.7 Å². The average Bonchev–Trinajstić information content (AvgIpc) is 2.82. The second kappa shape index (κ2) is 7.91. The lowest BCUT2D eigenvalue weighted by Gasteiger charge is -2.11. The van der Waals surface area contributed by atoms with Crippen molar-refractivity contribution in [1.82, 2.24) is 0 Å². The molecule has 0 aliphatic rings. The Morgan fingerprint density at radius 3 is 2.27 bits per heavy atom. The minimum absolute atomic E-state index is 0.106. The van der Waals surface area contributed by atoms with E-state index in [0.29, 0.717) is 22.1 Å². The van der Waals surface area contributed by atoms with Gasteiger partial charge in [-0.05, 0) is 49.2 Å². The molecule has 0 radical (unpaired) electrons. The van der Waals surface area contributed by atoms with E-state index in [1.165, 1.54) is 6.07 Å². The van der Waals surface area contributed by atoms with Crippen LogP contribution >= 0.6 is 0 Å². The van der Waals surface area contributed by atoms with Crippen molar-refractivity contribution in [2.45, 2.75) is 13.8 Å². The minimum Gasteiger partial charge on any atom is -0.452 e. The molecule has 0 aliphatic heterocycles. The lowest BCUT2D eigenvalue weighted by atomic mass is 10.0. The normalized spacial score (nSPS) is 11.1. The fourth-order valence-electron chi connectivity index (χ4n) is 3.66. The van der Waals surface area contributed by atoms with Crippen LogP contribution in [0.3, 0.4) is 0 Å². The first kappa shape index (κ1) is 20.5. The van der Waals surface area contributed by atoms with Crippen LogP contribution in [0.5, 0.6) is 5.75 Å². The highest BCUT2D eigenvalue weighted by Crippen LogP contribution is 2.32. The Balaban J connectivity index is 1.70. The number of hydrogen-bond acceptors (Lipinski definition) is 6. The molecule has 0 atom stereocenters. The Morgan fingerprint density at radius 1 is 0.788 bits per heavy atom. The molecule has 0 saturated heterocycles. The molecule has 5 aromatic rings. The van der Waals surface area contributed by atoms with Crippen molar-refractivity contribution in [3.05, 3.63) is 110 Å². The predicted molar refractivity (Wildman–Crippen MR) is 125 cm³/mol. The SMILES string of the molecule is Cc1cc2oc(-c3ccccc3)c(OC(=O)c3cc4ccccc4oc3=O)c(=O)c2cc1C. The van der Waals surface area contributed by atoms with Gasteiger partial charge in [-0.1, -0.05) is 48.5 Å². The molecular weight excluding hydrogens is 420 g/mol. The molecule has 0 N–H and O–H groups in total. The summed E-state index contributed by atoms with van der Waals surface area (Å²) in [5.74, 6) is -1.17. The van der Waals surface area contributed by atoms with Crippen molar-refractivity contribution in [2.24, 2.45) is 0 Å². The highest BCUT2D eigenvalue weighted by atomic mass is 16.5. The Labute approximate surface area is 187 Å². The van der Waals surface area contributed by atoms with Gasteiger partial charge in [-0.15, -0.1) is 0 Å². The number of rotatable bonds is 3. The maximum absolute atomic E-state index is 13.4. The second-order valence-corrected chi connectivity index (χ2v) is 7.76. The van der Waals surface area contributed by atoms with Crippen LogP contribution in [0.2, 0.25) is 0 Å². The number of ether oxygens (including phenoxy) is 1. The third-order valence-electron chi connectivity index (χ3n) is 5.56. The van der Waals surface area contributed by atoms with E-state index in [-0.39, 0.29) is 22.5 Å². The van der Waals surface area contributed by atoms with Crippen LogP contribution in [0.1, 0.15) is 21.5 Å². The van der Waals surface area contributed by atoms with Crippen molar-refractivity contribution in [3.8, 4) is 17.1 Å². The molecule has 6 nitrogen and oxygen atoms in total. The van der Waals surface area contributed by atoms with Gasteiger partial charge in [-0.3, -0.25) is 4.79 Å². The molecule has 2 aromatic heterocycles. The van der Waals surface area contributed by atoms with E-state index in [0.717, 1.165) is 11.1 Å². The Morgan fingerprint density at radius 2 is 1.48 bits per heavy atom. The summed E-state index contributed by atoms with van der Waals surface area (Å²) >= 11 is 0. The fraction of sp³-hybridized carbons (Fsp3) is 0.0741. The molecule has 0 bridgehead atoms. The highest BCUT2D eigenvalue weighted by molar-refractivity contribution is 5.95. The van der Waals surface area contributed by atoms with Gasteiger partial charge in [-0.25, -0.2) is 9.59 Å². The number of fused-ring (bicyclic) bond motifs is 2. The van der Waals surface area contributed by atoms with Crippen molar-refractivity contribution in [3.63, 3.8) is 0 Å². The zero-order valence-electron chi connectivity index (χ0n) is 17.9. The van der Waals surface area contributed by atoms with E-state index in [1.807, 2.05) is 19.9 Å². The molecule has 0 amide bonds. The summed E-state index contributed by atoms with van der Waals surface area (Å²) in [7, 11) is 0. The third kappa shape index (κ3) is 3.61. The first-order valence-electron chi connectivity index (χ1n) is 10.3. The lowest BCUT2D eigenvalue weighted by Crippen LogP contribution is -2.22. The van der Waals surface area contributed by atoms with Gasteiger partial charge in [0.2, 0.25) is 11.2 Å². The largest absolute Gasteiger partial charge is 0.452 e. The molecule has 0 aliphatic carbocycles. The highest BCUT2D eigenvalue weighted by Gasteiger charge is 2.24. The van der Waals surface area contributed by atoms with Crippen molar-refractivity contribution < 1.29 is 18.4 Å². The number of carbonyl (C=O) groups is 1. The Bertz CT molecular complexity index is 1660. The molecule has 162 valence electrons. The smallest absolute Gasteiger partial charge is 0.351 e. The van der Waals surface area contributed by atoms with E-state index in [9.17, 15) is 14.4 Å². The van der Waals surface area contributed by atoms with Crippen LogP contribution in [-0.4, -0.2) is 5.97 Å². The Hall–Kier alpha value is -4.45. The van der Waals surface area contributed by atoms with Crippen LogP contribution in [-0.2, 0) is 0 Å². The maximum Gasteiger partial charge on any atom is 0.351 e. The van der Waals surface area contributed by atoms with Gasteiger partial charge in [0, 0.05) is 10.9 Å². The van der Waals surface area contributed by atoms with E-state index in [4.69, 9.17) is 13.6 Å². The number of hydrogen-bond donors (Lipinski definition) is 0. The van der Waals surface area contributed by atoms with E-state index >= 15 is 0 Å².